The molecule has 0 unspecified atom stereocenters. The van der Waals surface area contributed by atoms with Gasteiger partial charge in [0.25, 0.3) is 0 Å². The molecule has 5 nitrogen and oxygen atoms in total. The first kappa shape index (κ1) is 17.9. The van der Waals surface area contributed by atoms with Crippen molar-refractivity contribution < 1.29 is 19.5 Å². The van der Waals surface area contributed by atoms with Gasteiger partial charge in [-0.25, -0.2) is 0 Å². The second kappa shape index (κ2) is 7.73. The number of Topliss-reactive ketones (excluding diaryl/α,β-unsaturated/α-hetero) is 1. The van der Waals surface area contributed by atoms with E-state index >= 15 is 0 Å². The van der Waals surface area contributed by atoms with Gasteiger partial charge in [0, 0.05) is 18.4 Å². The smallest absolute Gasteiger partial charge is 0.325 e. The molecule has 22 heavy (non-hydrogen) atoms. The Hall–Kier alpha value is -2.17. The Labute approximate surface area is 130 Å². The van der Waals surface area contributed by atoms with Gasteiger partial charge in [0.05, 0.1) is 0 Å². The minimum atomic E-state index is -1.07. The fourth-order valence-electron chi connectivity index (χ4n) is 2.53. The van der Waals surface area contributed by atoms with Gasteiger partial charge in [0.2, 0.25) is 5.91 Å². The third-order valence-corrected chi connectivity index (χ3v) is 3.51. The number of hydrogen-bond donors (Lipinski definition) is 2. The molecule has 1 rings (SSSR count). The van der Waals surface area contributed by atoms with Crippen LogP contribution >= 0.6 is 0 Å². The number of benzene rings is 1. The van der Waals surface area contributed by atoms with Crippen LogP contribution in [-0.4, -0.2) is 28.8 Å². The summed E-state index contributed by atoms with van der Waals surface area (Å²) in [5, 5.41) is 11.1. The van der Waals surface area contributed by atoms with Crippen LogP contribution in [0.25, 0.3) is 0 Å². The normalized spacial score (nSPS) is 11.8. The lowest BCUT2D eigenvalue weighted by atomic mass is 9.94. The number of amides is 1. The van der Waals surface area contributed by atoms with Gasteiger partial charge in [-0.2, -0.15) is 0 Å². The quantitative estimate of drug-likeness (QED) is 0.758. The van der Waals surface area contributed by atoms with E-state index in [1.54, 1.807) is 0 Å². The molecule has 5 heteroatoms. The molecular formula is C17H23NO4. The van der Waals surface area contributed by atoms with E-state index in [2.05, 4.69) is 5.32 Å². The first-order valence-corrected chi connectivity index (χ1v) is 7.35. The van der Waals surface area contributed by atoms with Crippen LogP contribution < -0.4 is 5.32 Å². The van der Waals surface area contributed by atoms with Crippen molar-refractivity contribution in [1.29, 1.82) is 0 Å². The van der Waals surface area contributed by atoms with E-state index in [4.69, 9.17) is 5.11 Å². The predicted molar refractivity (Wildman–Crippen MR) is 84.1 cm³/mol. The molecule has 1 atom stereocenters. The molecule has 0 spiro atoms. The van der Waals surface area contributed by atoms with E-state index < -0.39 is 12.0 Å². The first-order chi connectivity index (χ1) is 10.2. The van der Waals surface area contributed by atoms with Crippen LogP contribution in [-0.2, 0) is 9.59 Å². The van der Waals surface area contributed by atoms with Gasteiger partial charge in [-0.1, -0.05) is 17.7 Å². The van der Waals surface area contributed by atoms with Crippen LogP contribution in [0.1, 0.15) is 53.2 Å². The van der Waals surface area contributed by atoms with Gasteiger partial charge in [-0.3, -0.25) is 14.4 Å². The Morgan fingerprint density at radius 1 is 1.09 bits per heavy atom. The van der Waals surface area contributed by atoms with Crippen molar-refractivity contribution in [3.63, 3.8) is 0 Å². The van der Waals surface area contributed by atoms with Crippen molar-refractivity contribution in [2.24, 2.45) is 0 Å². The lowest BCUT2D eigenvalue weighted by molar-refractivity contribution is -0.141. The summed E-state index contributed by atoms with van der Waals surface area (Å²) >= 11 is 0. The maximum atomic E-state index is 12.3. The Morgan fingerprint density at radius 3 is 2.14 bits per heavy atom. The summed E-state index contributed by atoms with van der Waals surface area (Å²) in [6.45, 7) is 7.22. The zero-order valence-electron chi connectivity index (χ0n) is 13.5. The highest BCUT2D eigenvalue weighted by Gasteiger charge is 2.16. The topological polar surface area (TPSA) is 83.5 Å². The fourth-order valence-corrected chi connectivity index (χ4v) is 2.53. The number of ketones is 1. The number of carbonyl (C=O) groups is 3. The molecule has 0 saturated carbocycles. The zero-order valence-corrected chi connectivity index (χ0v) is 13.5. The number of carbonyl (C=O) groups excluding carboxylic acids is 2. The second-order valence-corrected chi connectivity index (χ2v) is 5.68. The monoisotopic (exact) mass is 305 g/mol. The summed E-state index contributed by atoms with van der Waals surface area (Å²) in [5.41, 5.74) is 3.75. The largest absolute Gasteiger partial charge is 0.480 e. The summed E-state index contributed by atoms with van der Waals surface area (Å²) in [7, 11) is 0. The molecule has 120 valence electrons. The molecule has 1 aromatic carbocycles. The van der Waals surface area contributed by atoms with Crippen molar-refractivity contribution in [2.45, 2.75) is 53.0 Å². The van der Waals surface area contributed by atoms with E-state index in [1.807, 2.05) is 32.9 Å². The van der Waals surface area contributed by atoms with Crippen molar-refractivity contribution in [3.8, 4) is 0 Å². The van der Waals surface area contributed by atoms with Gasteiger partial charge in [0.1, 0.15) is 6.04 Å². The van der Waals surface area contributed by atoms with E-state index in [0.717, 1.165) is 22.3 Å². The average molecular weight is 305 g/mol. The van der Waals surface area contributed by atoms with Crippen LogP contribution in [0, 0.1) is 20.8 Å². The highest BCUT2D eigenvalue weighted by atomic mass is 16.4. The highest BCUT2D eigenvalue weighted by molar-refractivity contribution is 5.99. The van der Waals surface area contributed by atoms with Gasteiger partial charge >= 0.3 is 5.97 Å². The Kier molecular flexibility index (Phi) is 6.28. The number of rotatable bonds is 7. The summed E-state index contributed by atoms with van der Waals surface area (Å²) in [6.07, 6.45) is 0.830. The molecule has 2 N–H and O–H groups in total. The third kappa shape index (κ3) is 4.98. The molecular weight excluding hydrogens is 282 g/mol. The van der Waals surface area contributed by atoms with Crippen molar-refractivity contribution in [1.82, 2.24) is 5.32 Å². The summed E-state index contributed by atoms with van der Waals surface area (Å²) in [5.74, 6) is -1.40. The molecule has 0 fully saturated rings. The Bertz CT molecular complexity index is 569. The first-order valence-electron chi connectivity index (χ1n) is 7.35. The average Bonchev–Trinajstić information content (AvgIpc) is 2.36. The Morgan fingerprint density at radius 2 is 1.64 bits per heavy atom. The molecule has 0 saturated heterocycles. The molecule has 0 aliphatic rings. The number of aryl methyl sites for hydroxylation is 3. The second-order valence-electron chi connectivity index (χ2n) is 5.68. The third-order valence-electron chi connectivity index (χ3n) is 3.51. The van der Waals surface area contributed by atoms with Gasteiger partial charge in [-0.05, 0) is 45.2 Å². The number of aliphatic carboxylic acids is 1. The fraction of sp³-hybridized carbons (Fsp3) is 0.471. The lowest BCUT2D eigenvalue weighted by Crippen LogP contribution is -2.38. The summed E-state index contributed by atoms with van der Waals surface area (Å²) in [4.78, 5) is 34.5. The van der Waals surface area contributed by atoms with Crippen LogP contribution in [0.3, 0.4) is 0 Å². The number of carboxylic acid groups (broad SMARTS) is 1. The van der Waals surface area contributed by atoms with Crippen LogP contribution in [0.2, 0.25) is 0 Å². The minimum absolute atomic E-state index is 0.0223. The molecule has 0 aromatic heterocycles. The highest BCUT2D eigenvalue weighted by Crippen LogP contribution is 2.19. The maximum Gasteiger partial charge on any atom is 0.325 e. The SMILES string of the molecule is Cc1cc(C)c(C(=O)CCCC(=O)N[C@H](C)C(=O)O)c(C)c1. The molecule has 1 amide bonds. The molecule has 0 radical (unpaired) electrons. The van der Waals surface area contributed by atoms with E-state index in [1.165, 1.54) is 6.92 Å². The maximum absolute atomic E-state index is 12.3. The number of nitrogens with one attached hydrogen (secondary N) is 1. The lowest BCUT2D eigenvalue weighted by Gasteiger charge is -2.11. The summed E-state index contributed by atoms with van der Waals surface area (Å²) < 4.78 is 0. The Balaban J connectivity index is 2.54. The van der Waals surface area contributed by atoms with Crippen molar-refractivity contribution in [2.75, 3.05) is 0 Å². The predicted octanol–water partition coefficient (Wildman–Crippen LogP) is 2.55. The number of hydrogen-bond acceptors (Lipinski definition) is 3. The molecule has 1 aromatic rings. The van der Waals surface area contributed by atoms with Crippen LogP contribution in [0.5, 0.6) is 0 Å². The van der Waals surface area contributed by atoms with Crippen LogP contribution in [0.4, 0.5) is 0 Å². The van der Waals surface area contributed by atoms with Gasteiger partial charge < -0.3 is 10.4 Å². The van der Waals surface area contributed by atoms with Gasteiger partial charge in [-0.15, -0.1) is 0 Å². The van der Waals surface area contributed by atoms with Crippen molar-refractivity contribution >= 4 is 17.7 Å². The molecule has 0 aliphatic carbocycles. The van der Waals surface area contributed by atoms with Crippen LogP contribution in [0.15, 0.2) is 12.1 Å². The van der Waals surface area contributed by atoms with E-state index in [0.29, 0.717) is 6.42 Å². The standard InChI is InChI=1S/C17H23NO4/c1-10-8-11(2)16(12(3)9-10)14(19)6-5-7-15(20)18-13(4)17(21)22/h8-9,13H,5-7H2,1-4H3,(H,18,20)(H,21,22)/t13-/m1/s1. The van der Waals surface area contributed by atoms with E-state index in [-0.39, 0.29) is 24.5 Å². The van der Waals surface area contributed by atoms with Crippen molar-refractivity contribution in [3.05, 3.63) is 34.4 Å². The van der Waals surface area contributed by atoms with Gasteiger partial charge in [0.15, 0.2) is 5.78 Å². The summed E-state index contributed by atoms with van der Waals surface area (Å²) in [6, 6.07) is 3.04. The minimum Gasteiger partial charge on any atom is -0.480 e. The molecule has 0 heterocycles. The molecule has 0 bridgehead atoms. The zero-order chi connectivity index (χ0) is 16.9. The number of carboxylic acids is 1. The molecule has 0 aliphatic heterocycles. The van der Waals surface area contributed by atoms with E-state index in [9.17, 15) is 14.4 Å².